The predicted octanol–water partition coefficient (Wildman–Crippen LogP) is 1.81. The first-order valence-corrected chi connectivity index (χ1v) is 10.4. The van der Waals surface area contributed by atoms with Gasteiger partial charge in [0.25, 0.3) is 0 Å². The van der Waals surface area contributed by atoms with E-state index in [-0.39, 0.29) is 18.1 Å². The van der Waals surface area contributed by atoms with Crippen molar-refractivity contribution in [2.24, 2.45) is 0 Å². The van der Waals surface area contributed by atoms with Gasteiger partial charge in [-0.2, -0.15) is 11.8 Å². The summed E-state index contributed by atoms with van der Waals surface area (Å²) in [6.45, 7) is 3.33. The standard InChI is InChI=1S/C15H23FN2O3S2/c1-4-23(20,21)18-14(7-8-22-3)15(19)17-10-12-6-5-11(2)13(16)9-12/h5-6,9,14,18H,4,7-8,10H2,1-3H3,(H,17,19). The van der Waals surface area contributed by atoms with Crippen molar-refractivity contribution in [3.63, 3.8) is 0 Å². The summed E-state index contributed by atoms with van der Waals surface area (Å²) in [5, 5.41) is 2.66. The zero-order valence-electron chi connectivity index (χ0n) is 13.6. The number of carbonyl (C=O) groups excluding carboxylic acids is 1. The predicted molar refractivity (Wildman–Crippen MR) is 92.4 cm³/mol. The Bertz CT molecular complexity index is 636. The molecule has 1 aromatic carbocycles. The Morgan fingerprint density at radius 2 is 2.09 bits per heavy atom. The number of amides is 1. The Kier molecular flexibility index (Phi) is 8.01. The Morgan fingerprint density at radius 3 is 2.65 bits per heavy atom. The van der Waals surface area contributed by atoms with Crippen LogP contribution in [0.1, 0.15) is 24.5 Å². The molecule has 0 radical (unpaired) electrons. The van der Waals surface area contributed by atoms with Gasteiger partial charge in [-0.1, -0.05) is 12.1 Å². The van der Waals surface area contributed by atoms with Crippen molar-refractivity contribution in [1.29, 1.82) is 0 Å². The highest BCUT2D eigenvalue weighted by atomic mass is 32.2. The highest BCUT2D eigenvalue weighted by molar-refractivity contribution is 7.98. The number of halogens is 1. The Hall–Kier alpha value is -1.12. The molecule has 0 aliphatic rings. The number of aryl methyl sites for hydroxylation is 1. The van der Waals surface area contributed by atoms with Crippen molar-refractivity contribution in [1.82, 2.24) is 10.0 Å². The lowest BCUT2D eigenvalue weighted by Crippen LogP contribution is -2.47. The molecule has 0 spiro atoms. The summed E-state index contributed by atoms with van der Waals surface area (Å²) in [6, 6.07) is 3.92. The van der Waals surface area contributed by atoms with Crippen molar-refractivity contribution >= 4 is 27.7 Å². The molecule has 1 rings (SSSR count). The average molecular weight is 362 g/mol. The van der Waals surface area contributed by atoms with E-state index in [1.54, 1.807) is 19.1 Å². The van der Waals surface area contributed by atoms with Crippen molar-refractivity contribution in [3.8, 4) is 0 Å². The third-order valence-electron chi connectivity index (χ3n) is 3.33. The van der Waals surface area contributed by atoms with Crippen LogP contribution in [0, 0.1) is 12.7 Å². The summed E-state index contributed by atoms with van der Waals surface area (Å²) in [4.78, 5) is 12.2. The molecule has 23 heavy (non-hydrogen) atoms. The Balaban J connectivity index is 2.70. The molecule has 1 aromatic rings. The third kappa shape index (κ3) is 6.88. The van der Waals surface area contributed by atoms with Gasteiger partial charge in [-0.25, -0.2) is 17.5 Å². The summed E-state index contributed by atoms with van der Waals surface area (Å²) in [5.41, 5.74) is 1.16. The van der Waals surface area contributed by atoms with E-state index in [1.165, 1.54) is 24.8 Å². The first-order valence-electron chi connectivity index (χ1n) is 7.30. The fraction of sp³-hybridized carbons (Fsp3) is 0.533. The number of hydrogen-bond donors (Lipinski definition) is 2. The van der Waals surface area contributed by atoms with Gasteiger partial charge in [0.2, 0.25) is 15.9 Å². The molecule has 1 amide bonds. The monoisotopic (exact) mass is 362 g/mol. The number of rotatable bonds is 9. The molecular weight excluding hydrogens is 339 g/mol. The van der Waals surface area contributed by atoms with E-state index in [0.717, 1.165) is 0 Å². The quantitative estimate of drug-likeness (QED) is 0.703. The fourth-order valence-electron chi connectivity index (χ4n) is 1.84. The lowest BCUT2D eigenvalue weighted by molar-refractivity contribution is -0.122. The van der Waals surface area contributed by atoms with Gasteiger partial charge in [-0.3, -0.25) is 4.79 Å². The summed E-state index contributed by atoms with van der Waals surface area (Å²) in [5.74, 6) is -0.165. The van der Waals surface area contributed by atoms with E-state index in [9.17, 15) is 17.6 Å². The maximum absolute atomic E-state index is 13.5. The zero-order chi connectivity index (χ0) is 17.5. The number of benzene rings is 1. The molecule has 0 saturated carbocycles. The highest BCUT2D eigenvalue weighted by Crippen LogP contribution is 2.09. The van der Waals surface area contributed by atoms with Gasteiger partial charge in [0, 0.05) is 6.54 Å². The van der Waals surface area contributed by atoms with Crippen LogP contribution in [0.25, 0.3) is 0 Å². The van der Waals surface area contributed by atoms with E-state index >= 15 is 0 Å². The molecule has 2 N–H and O–H groups in total. The molecule has 0 aromatic heterocycles. The normalized spacial score (nSPS) is 12.9. The number of thioether (sulfide) groups is 1. The molecule has 0 aliphatic carbocycles. The van der Waals surface area contributed by atoms with Crippen molar-refractivity contribution < 1.29 is 17.6 Å². The van der Waals surface area contributed by atoms with E-state index in [4.69, 9.17) is 0 Å². The molecule has 5 nitrogen and oxygen atoms in total. The lowest BCUT2D eigenvalue weighted by Gasteiger charge is -2.18. The number of nitrogens with one attached hydrogen (secondary N) is 2. The maximum Gasteiger partial charge on any atom is 0.238 e. The van der Waals surface area contributed by atoms with Crippen molar-refractivity contribution in [2.75, 3.05) is 17.8 Å². The Labute approximate surface area is 141 Å². The van der Waals surface area contributed by atoms with Gasteiger partial charge >= 0.3 is 0 Å². The highest BCUT2D eigenvalue weighted by Gasteiger charge is 2.22. The minimum Gasteiger partial charge on any atom is -0.351 e. The minimum absolute atomic E-state index is 0.0841. The zero-order valence-corrected chi connectivity index (χ0v) is 15.2. The van der Waals surface area contributed by atoms with Gasteiger partial charge in [0.05, 0.1) is 5.75 Å². The minimum atomic E-state index is -3.47. The van der Waals surface area contributed by atoms with E-state index in [0.29, 0.717) is 23.3 Å². The van der Waals surface area contributed by atoms with Gasteiger partial charge in [0.1, 0.15) is 11.9 Å². The van der Waals surface area contributed by atoms with Crippen LogP contribution in [0.3, 0.4) is 0 Å². The number of sulfonamides is 1. The van der Waals surface area contributed by atoms with Crippen LogP contribution in [0.4, 0.5) is 4.39 Å². The number of hydrogen-bond acceptors (Lipinski definition) is 4. The fourth-order valence-corrected chi connectivity index (χ4v) is 3.13. The molecule has 1 atom stereocenters. The largest absolute Gasteiger partial charge is 0.351 e. The van der Waals surface area contributed by atoms with Crippen LogP contribution in [0.2, 0.25) is 0 Å². The van der Waals surface area contributed by atoms with E-state index in [2.05, 4.69) is 10.0 Å². The van der Waals surface area contributed by atoms with Crippen LogP contribution in [0.5, 0.6) is 0 Å². The van der Waals surface area contributed by atoms with Crippen LogP contribution < -0.4 is 10.0 Å². The molecular formula is C15H23FN2O3S2. The molecule has 0 bridgehead atoms. The second-order valence-electron chi connectivity index (χ2n) is 5.16. The van der Waals surface area contributed by atoms with Gasteiger partial charge in [0.15, 0.2) is 0 Å². The van der Waals surface area contributed by atoms with Crippen LogP contribution in [-0.2, 0) is 21.4 Å². The van der Waals surface area contributed by atoms with Crippen molar-refractivity contribution in [2.45, 2.75) is 32.9 Å². The van der Waals surface area contributed by atoms with Crippen LogP contribution >= 0.6 is 11.8 Å². The smallest absolute Gasteiger partial charge is 0.238 e. The van der Waals surface area contributed by atoms with Gasteiger partial charge in [-0.15, -0.1) is 0 Å². The van der Waals surface area contributed by atoms with E-state index in [1.807, 2.05) is 6.26 Å². The molecule has 0 heterocycles. The topological polar surface area (TPSA) is 75.3 Å². The van der Waals surface area contributed by atoms with Crippen LogP contribution in [-0.4, -0.2) is 38.1 Å². The number of carbonyl (C=O) groups is 1. The molecule has 8 heteroatoms. The molecule has 0 fully saturated rings. The summed E-state index contributed by atoms with van der Waals surface area (Å²) in [6.07, 6.45) is 2.28. The van der Waals surface area contributed by atoms with Gasteiger partial charge in [-0.05, 0) is 49.5 Å². The Morgan fingerprint density at radius 1 is 1.39 bits per heavy atom. The van der Waals surface area contributed by atoms with Crippen LogP contribution in [0.15, 0.2) is 18.2 Å². The first-order chi connectivity index (χ1) is 10.8. The average Bonchev–Trinajstić information content (AvgIpc) is 2.52. The lowest BCUT2D eigenvalue weighted by atomic mass is 10.1. The molecule has 0 aliphatic heterocycles. The SMILES string of the molecule is CCS(=O)(=O)NC(CCSC)C(=O)NCc1ccc(C)c(F)c1. The molecule has 130 valence electrons. The first kappa shape index (κ1) is 19.9. The maximum atomic E-state index is 13.5. The second-order valence-corrected chi connectivity index (χ2v) is 8.18. The summed E-state index contributed by atoms with van der Waals surface area (Å²) >= 11 is 1.53. The summed E-state index contributed by atoms with van der Waals surface area (Å²) in [7, 11) is -3.47. The summed E-state index contributed by atoms with van der Waals surface area (Å²) < 4.78 is 39.3. The van der Waals surface area contributed by atoms with E-state index < -0.39 is 22.0 Å². The molecule has 1 unspecified atom stereocenters. The third-order valence-corrected chi connectivity index (χ3v) is 5.38. The second kappa shape index (κ2) is 9.24. The van der Waals surface area contributed by atoms with Gasteiger partial charge < -0.3 is 5.32 Å². The van der Waals surface area contributed by atoms with Crippen molar-refractivity contribution in [3.05, 3.63) is 35.1 Å². The molecule has 0 saturated heterocycles.